The Bertz CT molecular complexity index is 188. The molecule has 14 heavy (non-hydrogen) atoms. The van der Waals surface area contributed by atoms with Crippen molar-refractivity contribution in [2.24, 2.45) is 17.8 Å². The number of rotatable bonds is 1. The monoisotopic (exact) mass is 194 g/mol. The fourth-order valence-electron chi connectivity index (χ4n) is 3.48. The second-order valence-electron chi connectivity index (χ2n) is 5.15. The Kier molecular flexibility index (Phi) is 3.61. The first kappa shape index (κ1) is 10.2. The summed E-state index contributed by atoms with van der Waals surface area (Å²) >= 11 is 0. The lowest BCUT2D eigenvalue weighted by Gasteiger charge is -2.20. The predicted octanol–water partition coefficient (Wildman–Crippen LogP) is 3.57. The lowest BCUT2D eigenvalue weighted by Crippen LogP contribution is -2.15. The van der Waals surface area contributed by atoms with Crippen LogP contribution in [-0.2, 0) is 4.79 Å². The van der Waals surface area contributed by atoms with Gasteiger partial charge in [-0.2, -0.15) is 0 Å². The number of hydrogen-bond acceptors (Lipinski definition) is 1. The van der Waals surface area contributed by atoms with Crippen molar-refractivity contribution in [2.75, 3.05) is 0 Å². The maximum Gasteiger partial charge on any atom is 0.123 e. The summed E-state index contributed by atoms with van der Waals surface area (Å²) in [5.41, 5.74) is 0. The van der Waals surface area contributed by atoms with Gasteiger partial charge in [-0.25, -0.2) is 0 Å². The van der Waals surface area contributed by atoms with Gasteiger partial charge in [0.05, 0.1) is 0 Å². The molecule has 3 unspecified atom stereocenters. The highest BCUT2D eigenvalue weighted by Crippen LogP contribution is 2.42. The Balaban J connectivity index is 1.97. The zero-order valence-electron chi connectivity index (χ0n) is 9.08. The van der Waals surface area contributed by atoms with Crippen LogP contribution in [0.4, 0.5) is 0 Å². The van der Waals surface area contributed by atoms with Crippen LogP contribution in [0.25, 0.3) is 0 Å². The maximum atomic E-state index is 10.9. The van der Waals surface area contributed by atoms with Crippen LogP contribution in [0.5, 0.6) is 0 Å². The molecule has 0 radical (unpaired) electrons. The van der Waals surface area contributed by atoms with Gasteiger partial charge in [0.25, 0.3) is 0 Å². The van der Waals surface area contributed by atoms with Crippen molar-refractivity contribution in [3.63, 3.8) is 0 Å². The molecular weight excluding hydrogens is 172 g/mol. The van der Waals surface area contributed by atoms with Crippen molar-refractivity contribution >= 4 is 6.29 Å². The van der Waals surface area contributed by atoms with E-state index < -0.39 is 0 Å². The predicted molar refractivity (Wildman–Crippen MR) is 58.1 cm³/mol. The van der Waals surface area contributed by atoms with Crippen molar-refractivity contribution in [3.8, 4) is 0 Å². The molecule has 2 rings (SSSR count). The molecule has 2 aliphatic carbocycles. The molecule has 2 saturated carbocycles. The second-order valence-corrected chi connectivity index (χ2v) is 5.15. The Morgan fingerprint density at radius 1 is 0.786 bits per heavy atom. The van der Waals surface area contributed by atoms with Crippen LogP contribution in [0.2, 0.25) is 0 Å². The SMILES string of the molecule is O=CC1CCC2CCCCCCCC12. The van der Waals surface area contributed by atoms with Crippen molar-refractivity contribution in [2.45, 2.75) is 57.8 Å². The molecule has 0 amide bonds. The summed E-state index contributed by atoms with van der Waals surface area (Å²) in [6.45, 7) is 0. The Morgan fingerprint density at radius 2 is 1.50 bits per heavy atom. The fourth-order valence-corrected chi connectivity index (χ4v) is 3.48. The van der Waals surface area contributed by atoms with Crippen LogP contribution < -0.4 is 0 Å². The fraction of sp³-hybridized carbons (Fsp3) is 0.923. The first-order chi connectivity index (χ1) is 6.92. The summed E-state index contributed by atoms with van der Waals surface area (Å²) in [5.74, 6) is 2.06. The van der Waals surface area contributed by atoms with Gasteiger partial charge in [-0.15, -0.1) is 0 Å². The zero-order valence-corrected chi connectivity index (χ0v) is 9.08. The van der Waals surface area contributed by atoms with E-state index in [9.17, 15) is 4.79 Å². The minimum absolute atomic E-state index is 0.415. The molecular formula is C13H22O. The van der Waals surface area contributed by atoms with E-state index in [1.165, 1.54) is 64.1 Å². The normalized spacial score (nSPS) is 39.3. The summed E-state index contributed by atoms with van der Waals surface area (Å²) in [6, 6.07) is 0. The molecule has 0 aliphatic heterocycles. The number of hydrogen-bond donors (Lipinski definition) is 0. The average Bonchev–Trinajstić information content (AvgIpc) is 2.61. The highest BCUT2D eigenvalue weighted by atomic mass is 16.1. The molecule has 0 aromatic carbocycles. The first-order valence-electron chi connectivity index (χ1n) is 6.37. The molecule has 2 fully saturated rings. The molecule has 0 spiro atoms. The third-order valence-corrected chi connectivity index (χ3v) is 4.31. The summed E-state index contributed by atoms with van der Waals surface area (Å²) < 4.78 is 0. The molecule has 3 atom stereocenters. The van der Waals surface area contributed by atoms with E-state index >= 15 is 0 Å². The second kappa shape index (κ2) is 4.95. The van der Waals surface area contributed by atoms with Crippen LogP contribution in [0.1, 0.15) is 57.8 Å². The van der Waals surface area contributed by atoms with E-state index in [0.717, 1.165) is 11.8 Å². The van der Waals surface area contributed by atoms with E-state index in [1.807, 2.05) is 0 Å². The molecule has 0 aromatic rings. The smallest absolute Gasteiger partial charge is 0.123 e. The van der Waals surface area contributed by atoms with Crippen molar-refractivity contribution in [1.29, 1.82) is 0 Å². The lowest BCUT2D eigenvalue weighted by molar-refractivity contribution is -0.112. The van der Waals surface area contributed by atoms with Gasteiger partial charge < -0.3 is 4.79 Å². The zero-order chi connectivity index (χ0) is 9.80. The minimum Gasteiger partial charge on any atom is -0.303 e. The van der Waals surface area contributed by atoms with Gasteiger partial charge in [0, 0.05) is 5.92 Å². The minimum atomic E-state index is 0.415. The van der Waals surface area contributed by atoms with Crippen LogP contribution in [-0.4, -0.2) is 6.29 Å². The molecule has 1 nitrogen and oxygen atoms in total. The Morgan fingerprint density at radius 3 is 2.29 bits per heavy atom. The summed E-state index contributed by atoms with van der Waals surface area (Å²) in [5, 5.41) is 0. The summed E-state index contributed by atoms with van der Waals surface area (Å²) in [4.78, 5) is 10.9. The number of aldehydes is 1. The number of fused-ring (bicyclic) bond motifs is 1. The van der Waals surface area contributed by atoms with Crippen molar-refractivity contribution in [3.05, 3.63) is 0 Å². The lowest BCUT2D eigenvalue weighted by atomic mass is 9.84. The van der Waals surface area contributed by atoms with Crippen LogP contribution in [0, 0.1) is 17.8 Å². The van der Waals surface area contributed by atoms with Gasteiger partial charge in [-0.3, -0.25) is 0 Å². The average molecular weight is 194 g/mol. The van der Waals surface area contributed by atoms with E-state index in [4.69, 9.17) is 0 Å². The van der Waals surface area contributed by atoms with Gasteiger partial charge in [0.15, 0.2) is 0 Å². The maximum absolute atomic E-state index is 10.9. The molecule has 0 heterocycles. The Labute approximate surface area is 87.3 Å². The standard InChI is InChI=1S/C13H22O/c14-10-12-9-8-11-6-4-2-1-3-5-7-13(11)12/h10-13H,1-9H2. The highest BCUT2D eigenvalue weighted by Gasteiger charge is 2.34. The Hall–Kier alpha value is -0.330. The van der Waals surface area contributed by atoms with E-state index in [0.29, 0.717) is 5.92 Å². The summed E-state index contributed by atoms with van der Waals surface area (Å²) in [6.07, 6.45) is 13.5. The van der Waals surface area contributed by atoms with Crippen LogP contribution in [0.3, 0.4) is 0 Å². The van der Waals surface area contributed by atoms with Gasteiger partial charge in [-0.1, -0.05) is 38.5 Å². The van der Waals surface area contributed by atoms with Crippen molar-refractivity contribution in [1.82, 2.24) is 0 Å². The van der Waals surface area contributed by atoms with E-state index in [1.54, 1.807) is 0 Å². The third kappa shape index (κ3) is 2.18. The molecule has 1 heteroatoms. The van der Waals surface area contributed by atoms with E-state index in [-0.39, 0.29) is 0 Å². The van der Waals surface area contributed by atoms with Gasteiger partial charge >= 0.3 is 0 Å². The van der Waals surface area contributed by atoms with Gasteiger partial charge in [0.1, 0.15) is 6.29 Å². The van der Waals surface area contributed by atoms with Gasteiger partial charge in [-0.05, 0) is 31.1 Å². The van der Waals surface area contributed by atoms with Gasteiger partial charge in [0.2, 0.25) is 0 Å². The molecule has 2 aliphatic rings. The first-order valence-corrected chi connectivity index (χ1v) is 6.37. The number of carbonyl (C=O) groups excluding carboxylic acids is 1. The highest BCUT2D eigenvalue weighted by molar-refractivity contribution is 5.54. The molecule has 0 bridgehead atoms. The van der Waals surface area contributed by atoms with Crippen molar-refractivity contribution < 1.29 is 4.79 Å². The topological polar surface area (TPSA) is 17.1 Å². The van der Waals surface area contributed by atoms with Crippen LogP contribution in [0.15, 0.2) is 0 Å². The number of carbonyl (C=O) groups is 1. The molecule has 0 aromatic heterocycles. The largest absolute Gasteiger partial charge is 0.303 e. The third-order valence-electron chi connectivity index (χ3n) is 4.31. The molecule has 0 N–H and O–H groups in total. The van der Waals surface area contributed by atoms with E-state index in [2.05, 4.69) is 0 Å². The summed E-state index contributed by atoms with van der Waals surface area (Å²) in [7, 11) is 0. The van der Waals surface area contributed by atoms with Crippen LogP contribution >= 0.6 is 0 Å². The molecule has 0 saturated heterocycles. The molecule has 80 valence electrons. The quantitative estimate of drug-likeness (QED) is 0.583.